The van der Waals surface area contributed by atoms with Gasteiger partial charge in [0.15, 0.2) is 6.23 Å². The minimum atomic E-state index is -4.62. The third-order valence-corrected chi connectivity index (χ3v) is 6.96. The lowest BCUT2D eigenvalue weighted by molar-refractivity contribution is -0.137. The van der Waals surface area contributed by atoms with Gasteiger partial charge in [-0.3, -0.25) is 14.8 Å². The lowest BCUT2D eigenvalue weighted by atomic mass is 10.1. The van der Waals surface area contributed by atoms with E-state index in [1.165, 1.54) is 40.1 Å². The zero-order valence-corrected chi connectivity index (χ0v) is 24.2. The van der Waals surface area contributed by atoms with Gasteiger partial charge in [0.05, 0.1) is 64.5 Å². The van der Waals surface area contributed by atoms with E-state index in [1.54, 1.807) is 43.5 Å². The van der Waals surface area contributed by atoms with Gasteiger partial charge in [0.25, 0.3) is 5.91 Å². The van der Waals surface area contributed by atoms with Crippen molar-refractivity contribution in [2.45, 2.75) is 31.9 Å². The fourth-order valence-corrected chi connectivity index (χ4v) is 4.97. The zero-order valence-electron chi connectivity index (χ0n) is 24.2. The van der Waals surface area contributed by atoms with Gasteiger partial charge in [-0.15, -0.1) is 0 Å². The Labute approximate surface area is 251 Å². The summed E-state index contributed by atoms with van der Waals surface area (Å²) in [6.07, 6.45) is -3.25. The van der Waals surface area contributed by atoms with E-state index >= 15 is 0 Å². The summed E-state index contributed by atoms with van der Waals surface area (Å²) in [4.78, 5) is 20.1. The quantitative estimate of drug-likeness (QED) is 0.305. The highest BCUT2D eigenvalue weighted by Gasteiger charge is 2.43. The van der Waals surface area contributed by atoms with E-state index in [9.17, 15) is 28.3 Å². The number of alkyl halides is 3. The van der Waals surface area contributed by atoms with Crippen molar-refractivity contribution in [2.24, 2.45) is 0 Å². The number of aliphatic hydroxyl groups is 1. The molecule has 1 unspecified atom stereocenters. The normalized spacial score (nSPS) is 16.0. The van der Waals surface area contributed by atoms with Crippen molar-refractivity contribution in [2.75, 3.05) is 26.2 Å². The zero-order chi connectivity index (χ0) is 31.8. The number of nitriles is 1. The molecular weight excluding hydrogens is 577 g/mol. The predicted molar refractivity (Wildman–Crippen MR) is 153 cm³/mol. The van der Waals surface area contributed by atoms with E-state index in [2.05, 4.69) is 21.5 Å². The number of hydrogen-bond donors (Lipinski definition) is 2. The Kier molecular flexibility index (Phi) is 8.18. The monoisotopic (exact) mass is 606 g/mol. The van der Waals surface area contributed by atoms with Gasteiger partial charge in [-0.25, -0.2) is 9.67 Å². The number of aliphatic hydroxyl groups excluding tert-OH is 1. The molecule has 0 bridgehead atoms. The molecule has 1 amide bonds. The number of aromatic nitrogens is 3. The molecule has 0 fully saturated rings. The molecule has 2 aromatic carbocycles. The lowest BCUT2D eigenvalue weighted by Crippen LogP contribution is -2.42. The summed E-state index contributed by atoms with van der Waals surface area (Å²) in [5.74, 6) is 0.144. The number of amides is 1. The second kappa shape index (κ2) is 11.9. The number of rotatable bonds is 8. The number of anilines is 1. The predicted octanol–water partition coefficient (Wildman–Crippen LogP) is 4.09. The van der Waals surface area contributed by atoms with Gasteiger partial charge >= 0.3 is 6.18 Å². The highest BCUT2D eigenvalue weighted by atomic mass is 19.4. The van der Waals surface area contributed by atoms with Gasteiger partial charge in [-0.05, 0) is 69.6 Å². The molecule has 14 heteroatoms. The number of nitrogens with one attached hydrogen (secondary N) is 1. The standard InChI is InChI=1S/C30H29F3N8O3/c1-18(28-35-16-23(44-28)17-38(2)3)37-27(42)25-26(24-12-13-36-40(24)21-10-8-19(15-34)9-11-21)39(4)41(29(25)43)22-7-5-6-20(14-22)30(31,32)33/h5-14,16,18,29,43H,17H2,1-4H3,(H,37,42)/t18-,29?/m0/s1. The van der Waals surface area contributed by atoms with Crippen LogP contribution in [0, 0.1) is 11.3 Å². The molecule has 1 aliphatic rings. The van der Waals surface area contributed by atoms with Gasteiger partial charge in [0.2, 0.25) is 5.89 Å². The largest absolute Gasteiger partial charge is 0.442 e. The van der Waals surface area contributed by atoms with Crippen molar-refractivity contribution in [1.29, 1.82) is 5.26 Å². The molecule has 5 rings (SSSR count). The SMILES string of the molecule is C[C@H](NC(=O)C1=C(c2ccnn2-c2ccc(C#N)cc2)N(C)N(c2cccc(C(F)(F)F)c2)C1O)c1ncc(CN(C)C)o1. The van der Waals surface area contributed by atoms with E-state index in [4.69, 9.17) is 4.42 Å². The number of carbonyl (C=O) groups excluding carboxylic acids is 1. The fraction of sp³-hybridized carbons (Fsp3) is 0.267. The highest BCUT2D eigenvalue weighted by Crippen LogP contribution is 2.40. The first-order chi connectivity index (χ1) is 20.9. The third kappa shape index (κ3) is 5.87. The number of benzene rings is 2. The summed E-state index contributed by atoms with van der Waals surface area (Å²) < 4.78 is 48.1. The van der Waals surface area contributed by atoms with Crippen molar-refractivity contribution >= 4 is 17.3 Å². The summed E-state index contributed by atoms with van der Waals surface area (Å²) in [6.45, 7) is 2.16. The Morgan fingerprint density at radius 3 is 2.57 bits per heavy atom. The molecule has 3 heterocycles. The number of oxazole rings is 1. The Balaban J connectivity index is 1.57. The maximum absolute atomic E-state index is 13.9. The van der Waals surface area contributed by atoms with Gasteiger partial charge in [0, 0.05) is 7.05 Å². The second-order valence-corrected chi connectivity index (χ2v) is 10.4. The third-order valence-electron chi connectivity index (χ3n) is 6.96. The van der Waals surface area contributed by atoms with E-state index in [0.29, 0.717) is 29.2 Å². The highest BCUT2D eigenvalue weighted by molar-refractivity contribution is 6.03. The summed E-state index contributed by atoms with van der Waals surface area (Å²) in [5.41, 5.74) is 0.512. The molecule has 2 atom stereocenters. The number of hydrazine groups is 1. The van der Waals surface area contributed by atoms with Crippen LogP contribution in [-0.4, -0.2) is 63.1 Å². The van der Waals surface area contributed by atoms with Crippen LogP contribution in [-0.2, 0) is 17.5 Å². The van der Waals surface area contributed by atoms with Crippen LogP contribution in [0.1, 0.15) is 41.4 Å². The molecule has 0 saturated heterocycles. The average molecular weight is 607 g/mol. The van der Waals surface area contributed by atoms with Crippen LogP contribution in [0.3, 0.4) is 0 Å². The number of hydrogen-bond acceptors (Lipinski definition) is 9. The van der Waals surface area contributed by atoms with Crippen molar-refractivity contribution < 1.29 is 27.5 Å². The summed E-state index contributed by atoms with van der Waals surface area (Å²) >= 11 is 0. The molecule has 228 valence electrons. The average Bonchev–Trinajstić information content (AvgIpc) is 3.70. The first-order valence-electron chi connectivity index (χ1n) is 13.5. The van der Waals surface area contributed by atoms with Crippen LogP contribution in [0.4, 0.5) is 18.9 Å². The maximum atomic E-state index is 13.9. The Hall–Kier alpha value is -5.13. The Bertz CT molecular complexity index is 1740. The van der Waals surface area contributed by atoms with Crippen molar-refractivity contribution in [1.82, 2.24) is 30.0 Å². The van der Waals surface area contributed by atoms with Crippen LogP contribution in [0.15, 0.2) is 77.0 Å². The van der Waals surface area contributed by atoms with E-state index < -0.39 is 29.9 Å². The number of carbonyl (C=O) groups is 1. The molecule has 0 spiro atoms. The van der Waals surface area contributed by atoms with Gasteiger partial charge in [-0.2, -0.15) is 23.5 Å². The van der Waals surface area contributed by atoms with Gasteiger partial charge in [0.1, 0.15) is 11.8 Å². The molecular formula is C30H29F3N8O3. The molecule has 44 heavy (non-hydrogen) atoms. The van der Waals surface area contributed by atoms with Gasteiger partial charge < -0.3 is 19.7 Å². The molecule has 0 aliphatic carbocycles. The molecule has 4 aromatic rings. The van der Waals surface area contributed by atoms with Crippen LogP contribution in [0.5, 0.6) is 0 Å². The summed E-state index contributed by atoms with van der Waals surface area (Å²) in [6, 6.07) is 14.0. The number of halogens is 3. The van der Waals surface area contributed by atoms with Crippen LogP contribution in [0.2, 0.25) is 0 Å². The minimum absolute atomic E-state index is 0.00800. The minimum Gasteiger partial charge on any atom is -0.442 e. The smallest absolute Gasteiger partial charge is 0.416 e. The Morgan fingerprint density at radius 2 is 1.91 bits per heavy atom. The van der Waals surface area contributed by atoms with Gasteiger partial charge in [-0.1, -0.05) is 6.07 Å². The topological polar surface area (TPSA) is 127 Å². The van der Waals surface area contributed by atoms with E-state index in [0.717, 1.165) is 12.1 Å². The lowest BCUT2D eigenvalue weighted by Gasteiger charge is -2.33. The molecule has 1 aliphatic heterocycles. The Morgan fingerprint density at radius 1 is 1.18 bits per heavy atom. The number of nitrogens with zero attached hydrogens (tertiary/aromatic N) is 7. The fourth-order valence-electron chi connectivity index (χ4n) is 4.97. The molecule has 2 aromatic heterocycles. The van der Waals surface area contributed by atoms with Crippen LogP contribution >= 0.6 is 0 Å². The van der Waals surface area contributed by atoms with Crippen molar-refractivity contribution in [3.63, 3.8) is 0 Å². The van der Waals surface area contributed by atoms with Crippen molar-refractivity contribution in [3.8, 4) is 11.8 Å². The van der Waals surface area contributed by atoms with Crippen LogP contribution in [0.25, 0.3) is 11.4 Å². The van der Waals surface area contributed by atoms with E-state index in [1.807, 2.05) is 19.0 Å². The summed E-state index contributed by atoms with van der Waals surface area (Å²) in [5, 5.41) is 30.6. The summed E-state index contributed by atoms with van der Waals surface area (Å²) in [7, 11) is 5.27. The first kappa shape index (κ1) is 30.3. The first-order valence-corrected chi connectivity index (χ1v) is 13.5. The molecule has 0 radical (unpaired) electrons. The van der Waals surface area contributed by atoms with Crippen LogP contribution < -0.4 is 10.3 Å². The maximum Gasteiger partial charge on any atom is 0.416 e. The molecule has 11 nitrogen and oxygen atoms in total. The van der Waals surface area contributed by atoms with Crippen molar-refractivity contribution in [3.05, 3.63) is 101 Å². The molecule has 2 N–H and O–H groups in total. The van der Waals surface area contributed by atoms with E-state index in [-0.39, 0.29) is 22.8 Å². The molecule has 0 saturated carbocycles. The second-order valence-electron chi connectivity index (χ2n) is 10.4.